The average Bonchev–Trinajstić information content (AvgIpc) is 3.11. The number of hydrogen-bond acceptors (Lipinski definition) is 6. The van der Waals surface area contributed by atoms with E-state index in [0.29, 0.717) is 40.1 Å². The molecule has 3 heterocycles. The number of pyridine rings is 1. The van der Waals surface area contributed by atoms with Gasteiger partial charge in [0.25, 0.3) is 5.91 Å². The Kier molecular flexibility index (Phi) is 5.61. The van der Waals surface area contributed by atoms with Gasteiger partial charge in [-0.3, -0.25) is 14.5 Å². The molecule has 9 heteroatoms. The lowest BCUT2D eigenvalue weighted by molar-refractivity contribution is 0.0903. The second-order valence-electron chi connectivity index (χ2n) is 7.32. The summed E-state index contributed by atoms with van der Waals surface area (Å²) in [6.07, 6.45) is 3.41. The van der Waals surface area contributed by atoms with Gasteiger partial charge in [-0.1, -0.05) is 17.7 Å². The van der Waals surface area contributed by atoms with Crippen molar-refractivity contribution >= 4 is 28.9 Å². The van der Waals surface area contributed by atoms with Gasteiger partial charge in [-0.15, -0.1) is 0 Å². The fourth-order valence-electron chi connectivity index (χ4n) is 3.64. The number of likely N-dealkylation sites (N-methyl/N-ethyl adjacent to an activating group) is 1. The molecule has 30 heavy (non-hydrogen) atoms. The number of aromatic nitrogens is 3. The molecule has 0 radical (unpaired) electrons. The van der Waals surface area contributed by atoms with Crippen molar-refractivity contribution < 1.29 is 9.53 Å². The van der Waals surface area contributed by atoms with Crippen LogP contribution in [-0.2, 0) is 0 Å². The fraction of sp³-hybridized carbons (Fsp3) is 0.286. The number of hydrogen-bond donors (Lipinski definition) is 2. The number of amides is 1. The van der Waals surface area contributed by atoms with Gasteiger partial charge in [0.2, 0.25) is 0 Å². The predicted octanol–water partition coefficient (Wildman–Crippen LogP) is 3.20. The molecule has 2 N–H and O–H groups in total. The summed E-state index contributed by atoms with van der Waals surface area (Å²) in [7, 11) is 5.56. The highest BCUT2D eigenvalue weighted by Crippen LogP contribution is 2.40. The summed E-state index contributed by atoms with van der Waals surface area (Å²) in [5.74, 6) is 0.321. The van der Waals surface area contributed by atoms with Crippen LogP contribution in [0.1, 0.15) is 16.5 Å². The van der Waals surface area contributed by atoms with Crippen LogP contribution >= 0.6 is 11.6 Å². The molecule has 0 bridgehead atoms. The molecular formula is C21H23ClN6O2. The Balaban J connectivity index is 1.89. The zero-order chi connectivity index (χ0) is 21.3. The largest absolute Gasteiger partial charge is 0.493 e. The van der Waals surface area contributed by atoms with Crippen LogP contribution < -0.4 is 15.4 Å². The van der Waals surface area contributed by atoms with Gasteiger partial charge in [0.1, 0.15) is 5.69 Å². The quantitative estimate of drug-likeness (QED) is 0.629. The van der Waals surface area contributed by atoms with Crippen molar-refractivity contribution in [3.05, 3.63) is 53.4 Å². The van der Waals surface area contributed by atoms with E-state index in [9.17, 15) is 4.79 Å². The Morgan fingerprint density at radius 1 is 1.30 bits per heavy atom. The predicted molar refractivity (Wildman–Crippen MR) is 117 cm³/mol. The van der Waals surface area contributed by atoms with Crippen LogP contribution in [0.3, 0.4) is 0 Å². The number of ether oxygens (including phenoxy) is 1. The molecule has 4 rings (SSSR count). The first kappa shape index (κ1) is 20.2. The van der Waals surface area contributed by atoms with Crippen molar-refractivity contribution in [1.82, 2.24) is 25.0 Å². The molecule has 0 aliphatic carbocycles. The molecule has 2 aromatic heterocycles. The number of para-hydroxylation sites is 1. The first-order valence-electron chi connectivity index (χ1n) is 9.55. The monoisotopic (exact) mass is 426 g/mol. The summed E-state index contributed by atoms with van der Waals surface area (Å²) in [4.78, 5) is 19.1. The zero-order valence-corrected chi connectivity index (χ0v) is 17.8. The number of methoxy groups -OCH3 is 1. The molecular weight excluding hydrogens is 404 g/mol. The number of carbonyl (C=O) groups is 1. The van der Waals surface area contributed by atoms with E-state index in [1.165, 1.54) is 0 Å². The molecule has 156 valence electrons. The van der Waals surface area contributed by atoms with Crippen LogP contribution in [0, 0.1) is 0 Å². The Bertz CT molecular complexity index is 1070. The van der Waals surface area contributed by atoms with Crippen molar-refractivity contribution in [2.75, 3.05) is 39.6 Å². The first-order valence-corrected chi connectivity index (χ1v) is 9.92. The maximum atomic E-state index is 12.9. The lowest BCUT2D eigenvalue weighted by Gasteiger charge is -2.27. The molecule has 8 nitrogen and oxygen atoms in total. The summed E-state index contributed by atoms with van der Waals surface area (Å²) in [6, 6.07) is 9.17. The first-order chi connectivity index (χ1) is 14.5. The lowest BCUT2D eigenvalue weighted by Crippen LogP contribution is -2.43. The standard InChI is InChI=1S/C21H23ClN6O2/c1-27(2)12-14-11-24-21(29)19-18(25-16-6-4-5-15(22)20(16)30-3)17(26-28(14)19)13-7-9-23-10-8-13/h4-10,14,25H,11-12H2,1-3H3,(H,24,29)/t14-/m1/s1. The molecule has 1 atom stereocenters. The van der Waals surface area contributed by atoms with Gasteiger partial charge in [0, 0.05) is 31.0 Å². The Morgan fingerprint density at radius 2 is 2.07 bits per heavy atom. The third-order valence-corrected chi connectivity index (χ3v) is 5.23. The van der Waals surface area contributed by atoms with Gasteiger partial charge < -0.3 is 20.3 Å². The smallest absolute Gasteiger partial charge is 0.271 e. The summed E-state index contributed by atoms with van der Waals surface area (Å²) in [6.45, 7) is 1.26. The number of halogens is 1. The summed E-state index contributed by atoms with van der Waals surface area (Å²) >= 11 is 6.30. The maximum Gasteiger partial charge on any atom is 0.271 e. The molecule has 0 saturated carbocycles. The minimum atomic E-state index is -0.179. The number of benzene rings is 1. The van der Waals surface area contributed by atoms with E-state index in [2.05, 4.69) is 20.5 Å². The van der Waals surface area contributed by atoms with E-state index in [1.54, 1.807) is 25.6 Å². The lowest BCUT2D eigenvalue weighted by atomic mass is 10.1. The summed E-state index contributed by atoms with van der Waals surface area (Å²) < 4.78 is 7.29. The van der Waals surface area contributed by atoms with Gasteiger partial charge in [-0.2, -0.15) is 5.10 Å². The van der Waals surface area contributed by atoms with Crippen LogP contribution in [0.25, 0.3) is 11.3 Å². The Labute approximate surface area is 179 Å². The topological polar surface area (TPSA) is 84.3 Å². The molecule has 1 aliphatic heterocycles. The fourth-order valence-corrected chi connectivity index (χ4v) is 3.89. The van der Waals surface area contributed by atoms with E-state index in [0.717, 1.165) is 12.1 Å². The number of carbonyl (C=O) groups excluding carboxylic acids is 1. The van der Waals surface area contributed by atoms with E-state index < -0.39 is 0 Å². The highest BCUT2D eigenvalue weighted by atomic mass is 35.5. The second-order valence-corrected chi connectivity index (χ2v) is 7.73. The van der Waals surface area contributed by atoms with Crippen molar-refractivity contribution in [3.8, 4) is 17.0 Å². The van der Waals surface area contributed by atoms with E-state index in [4.69, 9.17) is 21.4 Å². The molecule has 3 aromatic rings. The van der Waals surface area contributed by atoms with Gasteiger partial charge in [-0.25, -0.2) is 0 Å². The number of rotatable bonds is 6. The minimum absolute atomic E-state index is 0.00472. The van der Waals surface area contributed by atoms with Gasteiger partial charge in [0.15, 0.2) is 11.4 Å². The van der Waals surface area contributed by atoms with Crippen LogP contribution in [0.5, 0.6) is 5.75 Å². The molecule has 1 aliphatic rings. The maximum absolute atomic E-state index is 12.9. The van der Waals surface area contributed by atoms with Crippen molar-refractivity contribution in [3.63, 3.8) is 0 Å². The van der Waals surface area contributed by atoms with Crippen molar-refractivity contribution in [1.29, 1.82) is 0 Å². The average molecular weight is 427 g/mol. The van der Waals surface area contributed by atoms with E-state index in [-0.39, 0.29) is 11.9 Å². The zero-order valence-electron chi connectivity index (χ0n) is 17.0. The molecule has 0 unspecified atom stereocenters. The SMILES string of the molecule is COc1c(Cl)cccc1Nc1c(-c2ccncc2)nn2c1C(=O)NC[C@@H]2CN(C)C. The number of anilines is 2. The Morgan fingerprint density at radius 3 is 2.77 bits per heavy atom. The normalized spacial score (nSPS) is 15.6. The summed E-state index contributed by atoms with van der Waals surface area (Å²) in [5.41, 5.74) is 3.24. The highest BCUT2D eigenvalue weighted by molar-refractivity contribution is 6.32. The number of fused-ring (bicyclic) bond motifs is 1. The van der Waals surface area contributed by atoms with E-state index >= 15 is 0 Å². The van der Waals surface area contributed by atoms with Crippen LogP contribution in [0.15, 0.2) is 42.7 Å². The van der Waals surface area contributed by atoms with Crippen LogP contribution in [0.4, 0.5) is 11.4 Å². The minimum Gasteiger partial charge on any atom is -0.493 e. The van der Waals surface area contributed by atoms with Gasteiger partial charge in [0.05, 0.1) is 29.5 Å². The number of nitrogens with zero attached hydrogens (tertiary/aromatic N) is 4. The van der Waals surface area contributed by atoms with Gasteiger partial charge >= 0.3 is 0 Å². The van der Waals surface area contributed by atoms with E-state index in [1.807, 2.05) is 43.0 Å². The Hall–Kier alpha value is -3.10. The molecule has 0 spiro atoms. The third-order valence-electron chi connectivity index (χ3n) is 4.93. The molecule has 1 amide bonds. The molecule has 0 fully saturated rings. The van der Waals surface area contributed by atoms with Crippen LogP contribution in [0.2, 0.25) is 5.02 Å². The van der Waals surface area contributed by atoms with Gasteiger partial charge in [-0.05, 0) is 38.4 Å². The second kappa shape index (κ2) is 8.33. The number of nitrogens with one attached hydrogen (secondary N) is 2. The van der Waals surface area contributed by atoms with Crippen molar-refractivity contribution in [2.24, 2.45) is 0 Å². The van der Waals surface area contributed by atoms with Crippen LogP contribution in [-0.4, -0.2) is 59.9 Å². The summed E-state index contributed by atoms with van der Waals surface area (Å²) in [5, 5.41) is 11.7. The third kappa shape index (κ3) is 3.71. The molecule has 0 saturated heterocycles. The highest BCUT2D eigenvalue weighted by Gasteiger charge is 2.33. The van der Waals surface area contributed by atoms with Crippen molar-refractivity contribution in [2.45, 2.75) is 6.04 Å². The molecule has 1 aromatic carbocycles.